The lowest BCUT2D eigenvalue weighted by molar-refractivity contribution is -0.384. The molecule has 0 radical (unpaired) electrons. The molecule has 9 heteroatoms. The van der Waals surface area contributed by atoms with Crippen LogP contribution in [0.4, 0.5) is 5.69 Å². The van der Waals surface area contributed by atoms with Gasteiger partial charge in [0.1, 0.15) is 11.3 Å². The summed E-state index contributed by atoms with van der Waals surface area (Å²) in [6.07, 6.45) is 1.74. The number of nitro benzene ring substituents is 1. The number of halogens is 1. The van der Waals surface area contributed by atoms with Crippen LogP contribution < -0.4 is 0 Å². The molecule has 114 valence electrons. The predicted octanol–water partition coefficient (Wildman–Crippen LogP) is 1.85. The molecule has 0 amide bonds. The number of hydrogen-bond acceptors (Lipinski definition) is 5. The third-order valence-electron chi connectivity index (χ3n) is 3.44. The molecule has 1 aromatic carbocycles. The van der Waals surface area contributed by atoms with E-state index in [1.807, 2.05) is 0 Å². The summed E-state index contributed by atoms with van der Waals surface area (Å²) in [5.74, 6) is -0.129. The van der Waals surface area contributed by atoms with Crippen molar-refractivity contribution < 1.29 is 18.1 Å². The van der Waals surface area contributed by atoms with Gasteiger partial charge in [-0.25, -0.2) is 8.42 Å². The first kappa shape index (κ1) is 15.9. The van der Waals surface area contributed by atoms with Crippen LogP contribution in [0.25, 0.3) is 0 Å². The minimum atomic E-state index is -3.81. The lowest BCUT2D eigenvalue weighted by Crippen LogP contribution is -2.38. The zero-order chi connectivity index (χ0) is 15.6. The summed E-state index contributed by atoms with van der Waals surface area (Å²) in [5.41, 5.74) is -0.444. The van der Waals surface area contributed by atoms with Crippen LogP contribution in [0.2, 0.25) is 5.02 Å². The third-order valence-corrected chi connectivity index (χ3v) is 5.66. The molecule has 1 fully saturated rings. The highest BCUT2D eigenvalue weighted by Gasteiger charge is 2.30. The van der Waals surface area contributed by atoms with Crippen molar-refractivity contribution in [2.45, 2.75) is 17.7 Å². The SMILES string of the molecule is O=CC1CCN(S(=O)(=O)c2ccc(Cl)c([N+](=O)[O-])c2)CC1. The number of piperidine rings is 1. The molecule has 0 aliphatic carbocycles. The van der Waals surface area contributed by atoms with Crippen molar-refractivity contribution >= 4 is 33.6 Å². The van der Waals surface area contributed by atoms with Crippen molar-refractivity contribution in [3.63, 3.8) is 0 Å². The zero-order valence-electron chi connectivity index (χ0n) is 10.9. The molecule has 0 N–H and O–H groups in total. The second-order valence-electron chi connectivity index (χ2n) is 4.75. The Labute approximate surface area is 126 Å². The van der Waals surface area contributed by atoms with Crippen LogP contribution >= 0.6 is 11.6 Å². The van der Waals surface area contributed by atoms with E-state index < -0.39 is 20.6 Å². The Bertz CT molecular complexity index is 668. The maximum atomic E-state index is 12.4. The van der Waals surface area contributed by atoms with Gasteiger partial charge in [-0.1, -0.05) is 11.6 Å². The Balaban J connectivity index is 2.30. The van der Waals surface area contributed by atoms with Gasteiger partial charge in [-0.2, -0.15) is 4.31 Å². The molecule has 1 saturated heterocycles. The number of sulfonamides is 1. The summed E-state index contributed by atoms with van der Waals surface area (Å²) < 4.78 is 26.1. The molecule has 21 heavy (non-hydrogen) atoms. The van der Waals surface area contributed by atoms with Crippen LogP contribution in [0.3, 0.4) is 0 Å². The van der Waals surface area contributed by atoms with E-state index in [-0.39, 0.29) is 28.9 Å². The first-order valence-corrected chi connectivity index (χ1v) is 8.07. The quantitative estimate of drug-likeness (QED) is 0.476. The van der Waals surface area contributed by atoms with Crippen molar-refractivity contribution in [3.05, 3.63) is 33.3 Å². The van der Waals surface area contributed by atoms with Gasteiger partial charge in [0.2, 0.25) is 10.0 Å². The summed E-state index contributed by atoms with van der Waals surface area (Å²) in [6.45, 7) is 0.449. The van der Waals surface area contributed by atoms with Gasteiger partial charge < -0.3 is 4.79 Å². The Hall–Kier alpha value is -1.51. The minimum absolute atomic E-state index is 0.112. The van der Waals surface area contributed by atoms with Crippen LogP contribution in [0.5, 0.6) is 0 Å². The number of carbonyl (C=O) groups excluding carboxylic acids is 1. The highest BCUT2D eigenvalue weighted by Crippen LogP contribution is 2.29. The molecular formula is C12H13ClN2O5S. The smallest absolute Gasteiger partial charge is 0.289 e. The minimum Gasteiger partial charge on any atom is -0.303 e. The van der Waals surface area contributed by atoms with Crippen molar-refractivity contribution in [1.82, 2.24) is 4.31 Å². The number of hydrogen-bond donors (Lipinski definition) is 0. The van der Waals surface area contributed by atoms with E-state index in [4.69, 9.17) is 11.6 Å². The third kappa shape index (κ3) is 3.22. The molecule has 7 nitrogen and oxygen atoms in total. The molecule has 0 saturated carbocycles. The lowest BCUT2D eigenvalue weighted by atomic mass is 10.0. The van der Waals surface area contributed by atoms with Gasteiger partial charge >= 0.3 is 0 Å². The van der Waals surface area contributed by atoms with Crippen LogP contribution in [0.15, 0.2) is 23.1 Å². The molecule has 1 aliphatic heterocycles. The highest BCUT2D eigenvalue weighted by molar-refractivity contribution is 7.89. The maximum Gasteiger partial charge on any atom is 0.289 e. The summed E-state index contributed by atoms with van der Waals surface area (Å²) in [6, 6.07) is 3.41. The topological polar surface area (TPSA) is 97.6 Å². The van der Waals surface area contributed by atoms with Gasteiger partial charge in [-0.3, -0.25) is 10.1 Å². The fourth-order valence-corrected chi connectivity index (χ4v) is 3.87. The van der Waals surface area contributed by atoms with Crippen LogP contribution in [-0.4, -0.2) is 37.0 Å². The molecule has 1 aliphatic rings. The second-order valence-corrected chi connectivity index (χ2v) is 7.09. The predicted molar refractivity (Wildman–Crippen MR) is 75.7 cm³/mol. The molecule has 0 atom stereocenters. The van der Waals surface area contributed by atoms with Crippen LogP contribution in [0.1, 0.15) is 12.8 Å². The standard InChI is InChI=1S/C12H13ClN2O5S/c13-11-2-1-10(7-12(11)15(17)18)21(19,20)14-5-3-9(8-16)4-6-14/h1-2,7-9H,3-6H2. The molecule has 0 aromatic heterocycles. The van der Waals surface area contributed by atoms with Crippen molar-refractivity contribution in [2.24, 2.45) is 5.92 Å². The number of carbonyl (C=O) groups is 1. The van der Waals surface area contributed by atoms with Gasteiger partial charge in [0, 0.05) is 25.1 Å². The van der Waals surface area contributed by atoms with Crippen LogP contribution in [0, 0.1) is 16.0 Å². The van der Waals surface area contributed by atoms with Crippen molar-refractivity contribution in [2.75, 3.05) is 13.1 Å². The van der Waals surface area contributed by atoms with E-state index in [9.17, 15) is 23.3 Å². The fourth-order valence-electron chi connectivity index (χ4n) is 2.19. The molecule has 0 bridgehead atoms. The van der Waals surface area contributed by atoms with Gasteiger partial charge in [0.25, 0.3) is 5.69 Å². The van der Waals surface area contributed by atoms with E-state index in [0.29, 0.717) is 12.8 Å². The zero-order valence-corrected chi connectivity index (χ0v) is 12.5. The molecule has 2 rings (SSSR count). The van der Waals surface area contributed by atoms with Gasteiger partial charge in [0.05, 0.1) is 9.82 Å². The normalized spacial score (nSPS) is 17.6. The van der Waals surface area contributed by atoms with Gasteiger partial charge in [0.15, 0.2) is 0 Å². The Morgan fingerprint density at radius 3 is 2.48 bits per heavy atom. The first-order valence-electron chi connectivity index (χ1n) is 6.25. The monoisotopic (exact) mass is 332 g/mol. The Kier molecular flexibility index (Phi) is 4.60. The molecule has 1 heterocycles. The highest BCUT2D eigenvalue weighted by atomic mass is 35.5. The molecular weight excluding hydrogens is 320 g/mol. The van der Waals surface area contributed by atoms with Crippen LogP contribution in [-0.2, 0) is 14.8 Å². The molecule has 0 unspecified atom stereocenters. The maximum absolute atomic E-state index is 12.4. The van der Waals surface area contributed by atoms with Gasteiger partial charge in [-0.15, -0.1) is 0 Å². The molecule has 1 aromatic rings. The summed E-state index contributed by atoms with van der Waals surface area (Å²) >= 11 is 5.68. The van der Waals surface area contributed by atoms with Gasteiger partial charge in [-0.05, 0) is 25.0 Å². The molecule has 0 spiro atoms. The fraction of sp³-hybridized carbons (Fsp3) is 0.417. The number of nitro groups is 1. The average molecular weight is 333 g/mol. The number of aldehydes is 1. The van der Waals surface area contributed by atoms with E-state index in [1.165, 1.54) is 16.4 Å². The summed E-state index contributed by atoms with van der Waals surface area (Å²) in [7, 11) is -3.81. The second kappa shape index (κ2) is 6.08. The van der Waals surface area contributed by atoms with E-state index in [1.54, 1.807) is 0 Å². The van der Waals surface area contributed by atoms with E-state index in [0.717, 1.165) is 12.4 Å². The largest absolute Gasteiger partial charge is 0.303 e. The van der Waals surface area contributed by atoms with Crippen molar-refractivity contribution in [1.29, 1.82) is 0 Å². The number of rotatable bonds is 4. The van der Waals surface area contributed by atoms with Crippen molar-refractivity contribution in [3.8, 4) is 0 Å². The Morgan fingerprint density at radius 2 is 1.95 bits per heavy atom. The summed E-state index contributed by atoms with van der Waals surface area (Å²) in [4.78, 5) is 20.6. The van der Waals surface area contributed by atoms with E-state index in [2.05, 4.69) is 0 Å². The van der Waals surface area contributed by atoms with E-state index >= 15 is 0 Å². The Morgan fingerprint density at radius 1 is 1.33 bits per heavy atom. The number of nitrogens with zero attached hydrogens (tertiary/aromatic N) is 2. The lowest BCUT2D eigenvalue weighted by Gasteiger charge is -2.28. The summed E-state index contributed by atoms with van der Waals surface area (Å²) in [5, 5.41) is 10.7. The number of benzene rings is 1. The average Bonchev–Trinajstić information content (AvgIpc) is 2.47. The first-order chi connectivity index (χ1) is 9.86.